The quantitative estimate of drug-likeness (QED) is 0.702. The molecule has 86 valence electrons. The van der Waals surface area contributed by atoms with Crippen LogP contribution in [0, 0.1) is 5.92 Å². The lowest BCUT2D eigenvalue weighted by molar-refractivity contribution is -0.133. The van der Waals surface area contributed by atoms with Gasteiger partial charge in [0, 0.05) is 32.6 Å². The van der Waals surface area contributed by atoms with Crippen LogP contribution in [0.25, 0.3) is 0 Å². The lowest BCUT2D eigenvalue weighted by atomic mass is 9.82. The van der Waals surface area contributed by atoms with Gasteiger partial charge in [-0.05, 0) is 19.4 Å². The zero-order valence-corrected chi connectivity index (χ0v) is 9.74. The molecule has 2 rings (SSSR count). The van der Waals surface area contributed by atoms with Crippen LogP contribution in [0.4, 0.5) is 0 Å². The van der Waals surface area contributed by atoms with E-state index in [-0.39, 0.29) is 0 Å². The average Bonchev–Trinajstić information content (AvgIpc) is 2.16. The monoisotopic (exact) mass is 210 g/mol. The molecule has 1 amide bonds. The van der Waals surface area contributed by atoms with Gasteiger partial charge in [-0.2, -0.15) is 0 Å². The van der Waals surface area contributed by atoms with Crippen molar-refractivity contribution in [1.82, 2.24) is 9.80 Å². The molecule has 1 aliphatic heterocycles. The largest absolute Gasteiger partial charge is 0.340 e. The van der Waals surface area contributed by atoms with E-state index in [1.54, 1.807) is 0 Å². The molecule has 0 aromatic carbocycles. The molecule has 1 heterocycles. The maximum absolute atomic E-state index is 11.9. The van der Waals surface area contributed by atoms with Gasteiger partial charge < -0.3 is 9.80 Å². The molecule has 0 spiro atoms. The number of rotatable bonds is 3. The Balaban J connectivity index is 1.66. The first-order valence-electron chi connectivity index (χ1n) is 6.22. The first-order valence-corrected chi connectivity index (χ1v) is 6.22. The Hall–Kier alpha value is -0.570. The Morgan fingerprint density at radius 3 is 2.40 bits per heavy atom. The molecule has 1 aliphatic carbocycles. The topological polar surface area (TPSA) is 23.6 Å². The molecular weight excluding hydrogens is 188 g/mol. The number of nitrogens with zero attached hydrogens (tertiary/aromatic N) is 2. The molecule has 15 heavy (non-hydrogen) atoms. The Morgan fingerprint density at radius 1 is 1.20 bits per heavy atom. The van der Waals surface area contributed by atoms with E-state index in [1.807, 2.05) is 4.90 Å². The van der Waals surface area contributed by atoms with E-state index in [2.05, 4.69) is 11.9 Å². The molecular formula is C12H22N2O. The number of carbonyl (C=O) groups excluding carboxylic acids is 1. The Bertz CT molecular complexity index is 218. The van der Waals surface area contributed by atoms with Crippen molar-refractivity contribution >= 4 is 5.91 Å². The molecule has 0 radical (unpaired) electrons. The third-order valence-electron chi connectivity index (χ3n) is 3.85. The molecule has 3 nitrogen and oxygen atoms in total. The number of hydrogen-bond acceptors (Lipinski definition) is 2. The van der Waals surface area contributed by atoms with Crippen LogP contribution in [0.3, 0.4) is 0 Å². The van der Waals surface area contributed by atoms with E-state index in [0.29, 0.717) is 5.91 Å². The van der Waals surface area contributed by atoms with Crippen LogP contribution in [-0.2, 0) is 4.79 Å². The van der Waals surface area contributed by atoms with E-state index in [0.717, 1.165) is 44.9 Å². The maximum atomic E-state index is 11.9. The number of hydrogen-bond donors (Lipinski definition) is 0. The van der Waals surface area contributed by atoms with Crippen LogP contribution in [0.15, 0.2) is 0 Å². The number of amides is 1. The third-order valence-corrected chi connectivity index (χ3v) is 3.85. The standard InChI is InChI=1S/C12H22N2O/c1-13-7-9-14(10-8-13)12(15)6-5-11-3-2-4-11/h11H,2-10H2,1H3. The summed E-state index contributed by atoms with van der Waals surface area (Å²) in [4.78, 5) is 16.2. The highest BCUT2D eigenvalue weighted by molar-refractivity contribution is 5.76. The van der Waals surface area contributed by atoms with Crippen molar-refractivity contribution < 1.29 is 4.79 Å². The van der Waals surface area contributed by atoms with Crippen molar-refractivity contribution in [3.63, 3.8) is 0 Å². The van der Waals surface area contributed by atoms with Gasteiger partial charge in [0.15, 0.2) is 0 Å². The van der Waals surface area contributed by atoms with E-state index < -0.39 is 0 Å². The van der Waals surface area contributed by atoms with Gasteiger partial charge in [0.2, 0.25) is 5.91 Å². The minimum Gasteiger partial charge on any atom is -0.340 e. The predicted molar refractivity (Wildman–Crippen MR) is 60.7 cm³/mol. The average molecular weight is 210 g/mol. The summed E-state index contributed by atoms with van der Waals surface area (Å²) in [6.45, 7) is 3.93. The first kappa shape index (κ1) is 10.9. The highest BCUT2D eigenvalue weighted by Gasteiger charge is 2.22. The van der Waals surface area contributed by atoms with Crippen molar-refractivity contribution in [2.75, 3.05) is 33.2 Å². The van der Waals surface area contributed by atoms with Crippen molar-refractivity contribution in [3.8, 4) is 0 Å². The molecule has 0 aromatic rings. The zero-order chi connectivity index (χ0) is 10.7. The van der Waals surface area contributed by atoms with Gasteiger partial charge in [-0.1, -0.05) is 19.3 Å². The van der Waals surface area contributed by atoms with Gasteiger partial charge in [0.1, 0.15) is 0 Å². The summed E-state index contributed by atoms with van der Waals surface area (Å²) in [5.74, 6) is 1.25. The minimum absolute atomic E-state index is 0.384. The summed E-state index contributed by atoms with van der Waals surface area (Å²) in [7, 11) is 2.12. The molecule has 1 saturated carbocycles. The van der Waals surface area contributed by atoms with Crippen molar-refractivity contribution in [1.29, 1.82) is 0 Å². The lowest BCUT2D eigenvalue weighted by Crippen LogP contribution is -2.47. The van der Waals surface area contributed by atoms with Gasteiger partial charge >= 0.3 is 0 Å². The van der Waals surface area contributed by atoms with Crippen molar-refractivity contribution in [3.05, 3.63) is 0 Å². The molecule has 0 N–H and O–H groups in total. The van der Waals surface area contributed by atoms with Crippen LogP contribution in [0.1, 0.15) is 32.1 Å². The van der Waals surface area contributed by atoms with E-state index in [1.165, 1.54) is 19.3 Å². The first-order chi connectivity index (χ1) is 7.25. The van der Waals surface area contributed by atoms with Crippen LogP contribution in [0.2, 0.25) is 0 Å². The second kappa shape index (κ2) is 4.97. The van der Waals surface area contributed by atoms with Crippen molar-refractivity contribution in [2.45, 2.75) is 32.1 Å². The summed E-state index contributed by atoms with van der Waals surface area (Å²) < 4.78 is 0. The lowest BCUT2D eigenvalue weighted by Gasteiger charge is -2.33. The summed E-state index contributed by atoms with van der Waals surface area (Å²) in [6.07, 6.45) is 6.01. The SMILES string of the molecule is CN1CCN(C(=O)CCC2CCC2)CC1. The smallest absolute Gasteiger partial charge is 0.222 e. The molecule has 0 atom stereocenters. The highest BCUT2D eigenvalue weighted by atomic mass is 16.2. The minimum atomic E-state index is 0.384. The summed E-state index contributed by atoms with van der Waals surface area (Å²) in [6, 6.07) is 0. The summed E-state index contributed by atoms with van der Waals surface area (Å²) in [5.41, 5.74) is 0. The molecule has 0 unspecified atom stereocenters. The molecule has 2 aliphatic rings. The fourth-order valence-corrected chi connectivity index (χ4v) is 2.32. The number of piperazine rings is 1. The van der Waals surface area contributed by atoms with Gasteiger partial charge in [0.25, 0.3) is 0 Å². The fraction of sp³-hybridized carbons (Fsp3) is 0.917. The van der Waals surface area contributed by atoms with Crippen LogP contribution in [0.5, 0.6) is 0 Å². The van der Waals surface area contributed by atoms with Gasteiger partial charge in [0.05, 0.1) is 0 Å². The summed E-state index contributed by atoms with van der Waals surface area (Å²) >= 11 is 0. The summed E-state index contributed by atoms with van der Waals surface area (Å²) in [5, 5.41) is 0. The molecule has 1 saturated heterocycles. The Labute approximate surface area is 92.4 Å². The second-order valence-electron chi connectivity index (χ2n) is 5.02. The second-order valence-corrected chi connectivity index (χ2v) is 5.02. The molecule has 2 fully saturated rings. The van der Waals surface area contributed by atoms with Crippen molar-refractivity contribution in [2.24, 2.45) is 5.92 Å². The Kier molecular flexibility index (Phi) is 3.62. The molecule has 0 aromatic heterocycles. The van der Waals surface area contributed by atoms with E-state index >= 15 is 0 Å². The maximum Gasteiger partial charge on any atom is 0.222 e. The van der Waals surface area contributed by atoms with E-state index in [4.69, 9.17) is 0 Å². The number of carbonyl (C=O) groups is 1. The van der Waals surface area contributed by atoms with Crippen LogP contribution < -0.4 is 0 Å². The van der Waals surface area contributed by atoms with Crippen LogP contribution in [-0.4, -0.2) is 48.9 Å². The number of likely N-dealkylation sites (N-methyl/N-ethyl adjacent to an activating group) is 1. The van der Waals surface area contributed by atoms with Gasteiger partial charge in [-0.15, -0.1) is 0 Å². The predicted octanol–water partition coefficient (Wildman–Crippen LogP) is 1.34. The highest BCUT2D eigenvalue weighted by Crippen LogP contribution is 2.30. The van der Waals surface area contributed by atoms with Crippen LogP contribution >= 0.6 is 0 Å². The van der Waals surface area contributed by atoms with Gasteiger partial charge in [-0.25, -0.2) is 0 Å². The molecule has 0 bridgehead atoms. The Morgan fingerprint density at radius 2 is 1.87 bits per heavy atom. The third kappa shape index (κ3) is 2.94. The zero-order valence-electron chi connectivity index (χ0n) is 9.74. The van der Waals surface area contributed by atoms with E-state index in [9.17, 15) is 4.79 Å². The normalized spacial score (nSPS) is 23.9. The fourth-order valence-electron chi connectivity index (χ4n) is 2.32. The molecule has 3 heteroatoms. The van der Waals surface area contributed by atoms with Gasteiger partial charge in [-0.3, -0.25) is 4.79 Å².